The Kier molecular flexibility index (Phi) is 10.4. The molecule has 30 heavy (non-hydrogen) atoms. The van der Waals surface area contributed by atoms with Crippen molar-refractivity contribution >= 4 is 17.9 Å². The summed E-state index contributed by atoms with van der Waals surface area (Å²) in [5.74, 6) is 0.423. The summed E-state index contributed by atoms with van der Waals surface area (Å²) in [7, 11) is -1.67. The number of hydrogen-bond donors (Lipinski definition) is 1. The minimum absolute atomic E-state index is 0. The highest BCUT2D eigenvalue weighted by Gasteiger charge is 2.42. The lowest BCUT2D eigenvalue weighted by Crippen LogP contribution is -3.00. The number of benzene rings is 3. The normalized spacial score (nSPS) is 11.1. The maximum absolute atomic E-state index is 10.6. The molecule has 0 fully saturated rings. The third kappa shape index (κ3) is 6.34. The Morgan fingerprint density at radius 1 is 0.633 bits per heavy atom. The van der Waals surface area contributed by atoms with Crippen molar-refractivity contribution in [1.29, 1.82) is 0 Å². The SMILES string of the molecule is CCCCCCCC[P+](Cc1ccccc1O)(c1ccccc1)c1ccccc1.[Cl-]. The summed E-state index contributed by atoms with van der Waals surface area (Å²) in [6, 6.07) is 30.0. The van der Waals surface area contributed by atoms with E-state index in [-0.39, 0.29) is 12.4 Å². The van der Waals surface area contributed by atoms with Crippen LogP contribution in [0.1, 0.15) is 51.0 Å². The highest BCUT2D eigenvalue weighted by atomic mass is 35.5. The van der Waals surface area contributed by atoms with Gasteiger partial charge in [-0.05, 0) is 43.2 Å². The average molecular weight is 441 g/mol. The molecule has 1 N–H and O–H groups in total. The van der Waals surface area contributed by atoms with E-state index in [2.05, 4.69) is 73.7 Å². The molecular weight excluding hydrogens is 407 g/mol. The summed E-state index contributed by atoms with van der Waals surface area (Å²) < 4.78 is 0. The summed E-state index contributed by atoms with van der Waals surface area (Å²) in [6.45, 7) is 2.27. The van der Waals surface area contributed by atoms with E-state index in [9.17, 15) is 5.11 Å². The number of hydrogen-bond acceptors (Lipinski definition) is 1. The quantitative estimate of drug-likeness (QED) is 0.354. The van der Waals surface area contributed by atoms with Crippen LogP contribution < -0.4 is 23.0 Å². The zero-order chi connectivity index (χ0) is 20.4. The van der Waals surface area contributed by atoms with Gasteiger partial charge in [0.2, 0.25) is 0 Å². The maximum Gasteiger partial charge on any atom is 0.122 e. The van der Waals surface area contributed by atoms with Crippen molar-refractivity contribution in [2.45, 2.75) is 51.6 Å². The van der Waals surface area contributed by atoms with Gasteiger partial charge in [0.25, 0.3) is 0 Å². The summed E-state index contributed by atoms with van der Waals surface area (Å²) in [5.41, 5.74) is 1.07. The molecule has 3 heteroatoms. The fraction of sp³-hybridized carbons (Fsp3) is 0.333. The first-order valence-corrected chi connectivity index (χ1v) is 13.2. The van der Waals surface area contributed by atoms with Crippen LogP contribution in [0.25, 0.3) is 0 Å². The number of phenolic OH excluding ortho intramolecular Hbond substituents is 1. The van der Waals surface area contributed by atoms with E-state index < -0.39 is 7.26 Å². The van der Waals surface area contributed by atoms with E-state index in [4.69, 9.17) is 0 Å². The van der Waals surface area contributed by atoms with Crippen LogP contribution in [0.2, 0.25) is 0 Å². The average Bonchev–Trinajstić information content (AvgIpc) is 2.78. The molecule has 0 saturated carbocycles. The van der Waals surface area contributed by atoms with Gasteiger partial charge in [-0.1, -0.05) is 87.2 Å². The fourth-order valence-electron chi connectivity index (χ4n) is 4.19. The Balaban J connectivity index is 0.00000320. The molecule has 3 aromatic carbocycles. The monoisotopic (exact) mass is 440 g/mol. The number of unbranched alkanes of at least 4 members (excludes halogenated alkanes) is 5. The molecule has 0 radical (unpaired) electrons. The van der Waals surface area contributed by atoms with Crippen molar-refractivity contribution in [1.82, 2.24) is 0 Å². The van der Waals surface area contributed by atoms with E-state index in [1.54, 1.807) is 0 Å². The number of aromatic hydroxyl groups is 1. The minimum atomic E-state index is -1.67. The molecule has 1 nitrogen and oxygen atoms in total. The highest BCUT2D eigenvalue weighted by Crippen LogP contribution is 2.60. The van der Waals surface area contributed by atoms with Crippen LogP contribution in [0.15, 0.2) is 84.9 Å². The molecule has 160 valence electrons. The molecule has 0 amide bonds. The summed E-state index contributed by atoms with van der Waals surface area (Å²) in [5, 5.41) is 13.4. The number of rotatable bonds is 11. The Morgan fingerprint density at radius 2 is 1.13 bits per heavy atom. The first kappa shape index (κ1) is 24.4. The van der Waals surface area contributed by atoms with Crippen LogP contribution >= 0.6 is 7.26 Å². The molecule has 3 aromatic rings. The first-order chi connectivity index (χ1) is 14.3. The summed E-state index contributed by atoms with van der Waals surface area (Å²) >= 11 is 0. The van der Waals surface area contributed by atoms with Crippen molar-refractivity contribution in [3.63, 3.8) is 0 Å². The van der Waals surface area contributed by atoms with Gasteiger partial charge in [-0.15, -0.1) is 0 Å². The van der Waals surface area contributed by atoms with Gasteiger partial charge < -0.3 is 17.5 Å². The lowest BCUT2D eigenvalue weighted by molar-refractivity contribution is -0.00000690. The van der Waals surface area contributed by atoms with Gasteiger partial charge in [-0.3, -0.25) is 0 Å². The second-order valence-corrected chi connectivity index (χ2v) is 11.6. The molecule has 0 unspecified atom stereocenters. The van der Waals surface area contributed by atoms with Gasteiger partial charge in [0.15, 0.2) is 0 Å². The summed E-state index contributed by atoms with van der Waals surface area (Å²) in [4.78, 5) is 0. The lowest BCUT2D eigenvalue weighted by Gasteiger charge is -2.28. The van der Waals surface area contributed by atoms with Gasteiger partial charge >= 0.3 is 0 Å². The molecule has 0 heterocycles. The molecule has 3 rings (SSSR count). The van der Waals surface area contributed by atoms with E-state index in [1.165, 1.54) is 55.3 Å². The van der Waals surface area contributed by atoms with Gasteiger partial charge in [-0.25, -0.2) is 0 Å². The minimum Gasteiger partial charge on any atom is -1.00 e. The topological polar surface area (TPSA) is 20.2 Å². The van der Waals surface area contributed by atoms with Crippen molar-refractivity contribution in [2.24, 2.45) is 0 Å². The van der Waals surface area contributed by atoms with Crippen LogP contribution in [-0.4, -0.2) is 11.3 Å². The number of para-hydroxylation sites is 1. The van der Waals surface area contributed by atoms with Crippen molar-refractivity contribution < 1.29 is 17.5 Å². The predicted molar refractivity (Wildman–Crippen MR) is 129 cm³/mol. The second-order valence-electron chi connectivity index (χ2n) is 7.92. The number of phenols is 1. The molecule has 0 aliphatic rings. The van der Waals surface area contributed by atoms with E-state index in [0.29, 0.717) is 5.75 Å². The highest BCUT2D eigenvalue weighted by molar-refractivity contribution is 7.88. The third-order valence-corrected chi connectivity index (χ3v) is 10.4. The molecule has 0 aliphatic carbocycles. The number of halogens is 1. The Bertz CT molecular complexity index is 812. The van der Waals surface area contributed by atoms with Crippen LogP contribution in [-0.2, 0) is 6.16 Å². The van der Waals surface area contributed by atoms with E-state index in [0.717, 1.165) is 11.7 Å². The molecule has 0 atom stereocenters. The standard InChI is InChI=1S/C27H33OP.ClH/c1-2-3-4-5-6-15-22-29(25-17-9-7-10-18-25,26-19-11-8-12-20-26)23-24-16-13-14-21-27(24)28;/h7-14,16-21H,2-6,15,22-23H2,1H3;1H. The van der Waals surface area contributed by atoms with Gasteiger partial charge in [-0.2, -0.15) is 0 Å². The molecule has 0 aromatic heterocycles. The van der Waals surface area contributed by atoms with Crippen molar-refractivity contribution in [2.75, 3.05) is 6.16 Å². The molecule has 0 aliphatic heterocycles. The van der Waals surface area contributed by atoms with Gasteiger partial charge in [0.05, 0.1) is 30.2 Å². The van der Waals surface area contributed by atoms with Gasteiger partial charge in [0.1, 0.15) is 5.75 Å². The Labute approximate surface area is 189 Å². The summed E-state index contributed by atoms with van der Waals surface area (Å²) in [6.07, 6.45) is 9.96. The van der Waals surface area contributed by atoms with Gasteiger partial charge in [0, 0.05) is 5.56 Å². The molecule has 0 bridgehead atoms. The lowest BCUT2D eigenvalue weighted by atomic mass is 10.1. The maximum atomic E-state index is 10.6. The Morgan fingerprint density at radius 3 is 1.70 bits per heavy atom. The van der Waals surface area contributed by atoms with Crippen LogP contribution in [0.4, 0.5) is 0 Å². The smallest absolute Gasteiger partial charge is 0.122 e. The molecule has 0 spiro atoms. The zero-order valence-corrected chi connectivity index (χ0v) is 19.7. The zero-order valence-electron chi connectivity index (χ0n) is 18.0. The van der Waals surface area contributed by atoms with Crippen LogP contribution in [0, 0.1) is 0 Å². The molecular formula is C27H34ClOP. The third-order valence-electron chi connectivity index (χ3n) is 5.83. The van der Waals surface area contributed by atoms with E-state index in [1.807, 2.05) is 18.2 Å². The fourth-order valence-corrected chi connectivity index (χ4v) is 8.63. The van der Waals surface area contributed by atoms with Crippen molar-refractivity contribution in [3.05, 3.63) is 90.5 Å². The van der Waals surface area contributed by atoms with Crippen molar-refractivity contribution in [3.8, 4) is 5.75 Å². The van der Waals surface area contributed by atoms with Crippen LogP contribution in [0.5, 0.6) is 5.75 Å². The van der Waals surface area contributed by atoms with E-state index >= 15 is 0 Å². The second kappa shape index (κ2) is 12.8. The first-order valence-electron chi connectivity index (χ1n) is 11.0. The Hall–Kier alpha value is -1.82. The molecule has 0 saturated heterocycles. The van der Waals surface area contributed by atoms with Crippen LogP contribution in [0.3, 0.4) is 0 Å². The predicted octanol–water partition coefficient (Wildman–Crippen LogP) is 3.93. The largest absolute Gasteiger partial charge is 1.00 e.